The molecule has 0 radical (unpaired) electrons. The fourth-order valence-electron chi connectivity index (χ4n) is 3.08. The van der Waals surface area contributed by atoms with Gasteiger partial charge in [-0.15, -0.1) is 0 Å². The molecule has 194 valence electrons. The molecule has 2 atom stereocenters. The second kappa shape index (κ2) is 14.6. The molecule has 1 saturated heterocycles. The number of carbonyl (C=O) groups is 1. The number of hydrogen-bond acceptors (Lipinski definition) is 7. The Kier molecular flexibility index (Phi) is 12.7. The number of carbonyl (C=O) groups excluding carboxylic acids is 1. The molecule has 0 aliphatic carbocycles. The fourth-order valence-corrected chi connectivity index (χ4v) is 4.91. The van der Waals surface area contributed by atoms with Gasteiger partial charge in [0.1, 0.15) is 11.6 Å². The van der Waals surface area contributed by atoms with Crippen molar-refractivity contribution in [3.05, 3.63) is 47.7 Å². The van der Waals surface area contributed by atoms with Crippen LogP contribution in [0.1, 0.15) is 57.0 Å². The number of alkyl halides is 2. The number of halogens is 2. The Hall–Kier alpha value is -2.72. The van der Waals surface area contributed by atoms with Gasteiger partial charge in [0, 0.05) is 62.6 Å². The van der Waals surface area contributed by atoms with Crippen LogP contribution in [0.15, 0.2) is 36.5 Å². The van der Waals surface area contributed by atoms with Crippen LogP contribution < -0.4 is 15.4 Å². The molecule has 3 N–H and O–H groups in total. The van der Waals surface area contributed by atoms with E-state index < -0.39 is 17.4 Å². The number of anilines is 2. The highest BCUT2D eigenvalue weighted by Gasteiger charge is 2.31. The Morgan fingerprint density at radius 2 is 1.97 bits per heavy atom. The van der Waals surface area contributed by atoms with Crippen molar-refractivity contribution < 1.29 is 22.5 Å². The smallest absolute Gasteiger partial charge is 0.387 e. The molecule has 2 unspecified atom stereocenters. The van der Waals surface area contributed by atoms with E-state index in [-0.39, 0.29) is 17.2 Å². The quantitative estimate of drug-likeness (QED) is 0.324. The van der Waals surface area contributed by atoms with Crippen LogP contribution in [-0.4, -0.2) is 51.9 Å². The zero-order chi connectivity index (χ0) is 26.6. The van der Waals surface area contributed by atoms with Gasteiger partial charge in [-0.3, -0.25) is 9.00 Å². The van der Waals surface area contributed by atoms with Crippen LogP contribution in [0.25, 0.3) is 0 Å². The first kappa shape index (κ1) is 30.3. The minimum atomic E-state index is -2.91. The van der Waals surface area contributed by atoms with Crippen LogP contribution in [0.4, 0.5) is 20.3 Å². The van der Waals surface area contributed by atoms with Gasteiger partial charge in [0.05, 0.1) is 0 Å². The van der Waals surface area contributed by atoms with Gasteiger partial charge in [0.15, 0.2) is 6.29 Å². The number of aldehydes is 1. The van der Waals surface area contributed by atoms with Gasteiger partial charge >= 0.3 is 6.61 Å². The average molecular weight is 511 g/mol. The van der Waals surface area contributed by atoms with E-state index in [0.29, 0.717) is 34.6 Å². The van der Waals surface area contributed by atoms with Crippen molar-refractivity contribution >= 4 is 34.3 Å². The van der Waals surface area contributed by atoms with Crippen LogP contribution in [0.5, 0.6) is 5.75 Å². The minimum Gasteiger partial charge on any atom is -0.435 e. The third kappa shape index (κ3) is 9.81. The van der Waals surface area contributed by atoms with Gasteiger partial charge < -0.3 is 20.8 Å². The summed E-state index contributed by atoms with van der Waals surface area (Å²) in [5.74, 6) is 2.01. The van der Waals surface area contributed by atoms with Crippen molar-refractivity contribution in [2.75, 3.05) is 23.9 Å². The molecular formula is C25H36F2N4O3S. The Morgan fingerprint density at radius 3 is 2.46 bits per heavy atom. The highest BCUT2D eigenvalue weighted by Crippen LogP contribution is 2.25. The van der Waals surface area contributed by atoms with E-state index in [1.165, 1.54) is 18.3 Å². The summed E-state index contributed by atoms with van der Waals surface area (Å²) in [4.78, 5) is 15.1. The second-order valence-electron chi connectivity index (χ2n) is 8.23. The predicted octanol–water partition coefficient (Wildman–Crippen LogP) is 5.41. The molecule has 3 rings (SSSR count). The van der Waals surface area contributed by atoms with Crippen molar-refractivity contribution in [3.63, 3.8) is 0 Å². The Balaban J connectivity index is 0.000000464. The normalized spacial score (nSPS) is 18.7. The van der Waals surface area contributed by atoms with E-state index in [2.05, 4.69) is 27.3 Å². The standard InChI is InChI=1S/C17H17F2N3O2.C6H13NOS.C2H6/c1-10(2)15(20)14-6-11(9-23)8-21-16(14)22-12-4-3-5-13(7-12)24-17(18)19;1-6(7-2)3-4-9(8)5-6;1-2/h3-10,17,20H,1-2H3,(H,21,22);7H,3-5H2,1-2H3;1-2H3. The first-order valence-corrected chi connectivity index (χ1v) is 13.0. The van der Waals surface area contributed by atoms with Crippen LogP contribution in [-0.2, 0) is 10.8 Å². The second-order valence-corrected chi connectivity index (χ2v) is 9.81. The van der Waals surface area contributed by atoms with E-state index in [1.54, 1.807) is 18.2 Å². The van der Waals surface area contributed by atoms with Gasteiger partial charge in [0.2, 0.25) is 0 Å². The average Bonchev–Trinajstić information content (AvgIpc) is 3.19. The molecule has 10 heteroatoms. The summed E-state index contributed by atoms with van der Waals surface area (Å²) in [5.41, 5.74) is 1.79. The first-order chi connectivity index (χ1) is 16.6. The van der Waals surface area contributed by atoms with Gasteiger partial charge in [-0.1, -0.05) is 33.8 Å². The number of benzene rings is 1. The summed E-state index contributed by atoms with van der Waals surface area (Å²) in [6, 6.07) is 7.62. The molecule has 1 aromatic carbocycles. The van der Waals surface area contributed by atoms with E-state index in [1.807, 2.05) is 34.7 Å². The summed E-state index contributed by atoms with van der Waals surface area (Å²) >= 11 is 0. The molecule has 0 saturated carbocycles. The molecule has 1 aliphatic rings. The predicted molar refractivity (Wildman–Crippen MR) is 139 cm³/mol. The van der Waals surface area contributed by atoms with Crippen LogP contribution >= 0.6 is 0 Å². The maximum atomic E-state index is 12.3. The first-order valence-electron chi connectivity index (χ1n) is 11.5. The van der Waals surface area contributed by atoms with Gasteiger partial charge in [0.25, 0.3) is 0 Å². The number of nitrogens with one attached hydrogen (secondary N) is 3. The third-order valence-electron chi connectivity index (χ3n) is 5.20. The van der Waals surface area contributed by atoms with E-state index in [9.17, 15) is 17.8 Å². The SMILES string of the molecule is CC.CC(C)C(=N)c1cc(C=O)cnc1Nc1cccc(OC(F)F)c1.CNC1(C)CCS(=O)C1. The number of ether oxygens (including phenoxy) is 1. The molecule has 7 nitrogen and oxygen atoms in total. The molecule has 0 bridgehead atoms. The van der Waals surface area contributed by atoms with Gasteiger partial charge in [-0.2, -0.15) is 8.78 Å². The molecule has 1 fully saturated rings. The highest BCUT2D eigenvalue weighted by atomic mass is 32.2. The summed E-state index contributed by atoms with van der Waals surface area (Å²) < 4.78 is 39.9. The Labute approximate surface area is 209 Å². The van der Waals surface area contributed by atoms with E-state index in [4.69, 9.17) is 5.41 Å². The maximum absolute atomic E-state index is 12.3. The molecule has 1 aromatic heterocycles. The van der Waals surface area contributed by atoms with Gasteiger partial charge in [-0.25, -0.2) is 4.98 Å². The topological polar surface area (TPSA) is 104 Å². The number of rotatable bonds is 8. The molecular weight excluding hydrogens is 474 g/mol. The lowest BCUT2D eigenvalue weighted by atomic mass is 9.99. The Morgan fingerprint density at radius 1 is 1.29 bits per heavy atom. The van der Waals surface area contributed by atoms with Gasteiger partial charge in [-0.05, 0) is 44.5 Å². The van der Waals surface area contributed by atoms with Crippen molar-refractivity contribution in [2.24, 2.45) is 5.92 Å². The molecule has 0 amide bonds. The molecule has 35 heavy (non-hydrogen) atoms. The molecule has 1 aliphatic heterocycles. The zero-order valence-electron chi connectivity index (χ0n) is 21.2. The van der Waals surface area contributed by atoms with E-state index >= 15 is 0 Å². The third-order valence-corrected chi connectivity index (χ3v) is 6.82. The van der Waals surface area contributed by atoms with Crippen molar-refractivity contribution in [1.82, 2.24) is 10.3 Å². The lowest BCUT2D eigenvalue weighted by Gasteiger charge is -2.20. The largest absolute Gasteiger partial charge is 0.435 e. The van der Waals surface area contributed by atoms with Crippen LogP contribution in [0.3, 0.4) is 0 Å². The maximum Gasteiger partial charge on any atom is 0.387 e. The number of nitrogens with zero attached hydrogens (tertiary/aromatic N) is 1. The monoisotopic (exact) mass is 510 g/mol. The summed E-state index contributed by atoms with van der Waals surface area (Å²) in [5, 5.41) is 14.3. The van der Waals surface area contributed by atoms with Crippen molar-refractivity contribution in [2.45, 2.75) is 53.2 Å². The summed E-state index contributed by atoms with van der Waals surface area (Å²) in [7, 11) is 1.38. The zero-order valence-corrected chi connectivity index (χ0v) is 22.0. The molecule has 0 spiro atoms. The lowest BCUT2D eigenvalue weighted by Crippen LogP contribution is -2.40. The van der Waals surface area contributed by atoms with Crippen molar-refractivity contribution in [3.8, 4) is 5.75 Å². The Bertz CT molecular complexity index is 1000. The molecule has 2 heterocycles. The number of pyridine rings is 1. The highest BCUT2D eigenvalue weighted by molar-refractivity contribution is 7.85. The van der Waals surface area contributed by atoms with E-state index in [0.717, 1.165) is 17.9 Å². The van der Waals surface area contributed by atoms with Crippen LogP contribution in [0.2, 0.25) is 0 Å². The number of aromatic nitrogens is 1. The summed E-state index contributed by atoms with van der Waals surface area (Å²) in [6.07, 6.45) is 3.09. The van der Waals surface area contributed by atoms with Crippen LogP contribution in [0, 0.1) is 11.3 Å². The molecule has 2 aromatic rings. The summed E-state index contributed by atoms with van der Waals surface area (Å²) in [6.45, 7) is 6.93. The minimum absolute atomic E-state index is 0.0139. The fraction of sp³-hybridized carbons (Fsp3) is 0.480. The lowest BCUT2D eigenvalue weighted by molar-refractivity contribution is -0.0498. The number of hydrogen-bond donors (Lipinski definition) is 3. The van der Waals surface area contributed by atoms with Crippen molar-refractivity contribution in [1.29, 1.82) is 5.41 Å².